The molecule has 1 fully saturated rings. The number of aryl methyl sites for hydroxylation is 1. The second-order valence-electron chi connectivity index (χ2n) is 8.40. The van der Waals surface area contributed by atoms with Crippen LogP contribution in [0.3, 0.4) is 0 Å². The summed E-state index contributed by atoms with van der Waals surface area (Å²) < 4.78 is 53.2. The van der Waals surface area contributed by atoms with Gasteiger partial charge in [-0.25, -0.2) is 4.39 Å². The Hall–Kier alpha value is -2.74. The summed E-state index contributed by atoms with van der Waals surface area (Å²) in [6, 6.07) is 9.84. The van der Waals surface area contributed by atoms with Gasteiger partial charge in [0, 0.05) is 25.2 Å². The lowest BCUT2D eigenvalue weighted by Crippen LogP contribution is -2.37. The maximum Gasteiger partial charge on any atom is 0.416 e. The van der Waals surface area contributed by atoms with Crippen LogP contribution in [0.4, 0.5) is 17.6 Å². The van der Waals surface area contributed by atoms with E-state index in [-0.39, 0.29) is 5.56 Å². The fraction of sp³-hybridized carbons (Fsp3) is 0.417. The highest BCUT2D eigenvalue weighted by molar-refractivity contribution is 5.74. The molecule has 32 heavy (non-hydrogen) atoms. The molecule has 1 aliphatic heterocycles. The largest absolute Gasteiger partial charge is 0.416 e. The molecule has 3 heterocycles. The Labute approximate surface area is 183 Å². The number of halogens is 4. The molecular formula is C24H25F4N3O. The van der Waals surface area contributed by atoms with Crippen molar-refractivity contribution in [3.05, 3.63) is 76.0 Å². The number of rotatable bonds is 6. The standard InChI is InChI=1S/C24H25F4N3O/c25-20-15-22-21(29-16-20)7-8-23(32)31(22)14-13-30-11-9-18(10-12-30)2-1-17-3-5-19(6-4-17)24(26,27)28/h3-8,15-16,18H,1-2,9-14H2. The fourth-order valence-corrected chi connectivity index (χ4v) is 4.34. The average molecular weight is 447 g/mol. The number of benzene rings is 1. The van der Waals surface area contributed by atoms with E-state index in [9.17, 15) is 22.4 Å². The van der Waals surface area contributed by atoms with Crippen molar-refractivity contribution in [3.8, 4) is 0 Å². The molecule has 0 spiro atoms. The third-order valence-corrected chi connectivity index (χ3v) is 6.27. The SMILES string of the molecule is O=c1ccc2ncc(F)cc2n1CCN1CCC(CCc2ccc(C(F)(F)F)cc2)CC1. The minimum Gasteiger partial charge on any atom is -0.305 e. The molecule has 0 radical (unpaired) electrons. The highest BCUT2D eigenvalue weighted by Gasteiger charge is 2.30. The number of hydrogen-bond donors (Lipinski definition) is 0. The number of pyridine rings is 2. The number of alkyl halides is 3. The first-order valence-electron chi connectivity index (χ1n) is 10.8. The van der Waals surface area contributed by atoms with Crippen molar-refractivity contribution < 1.29 is 17.6 Å². The van der Waals surface area contributed by atoms with Gasteiger partial charge in [0.1, 0.15) is 5.82 Å². The van der Waals surface area contributed by atoms with Crippen LogP contribution in [0.2, 0.25) is 0 Å². The van der Waals surface area contributed by atoms with E-state index in [0.29, 0.717) is 30.0 Å². The Kier molecular flexibility index (Phi) is 6.60. The molecule has 0 aliphatic carbocycles. The predicted molar refractivity (Wildman–Crippen MR) is 115 cm³/mol. The summed E-state index contributed by atoms with van der Waals surface area (Å²) in [6.07, 6.45) is 0.599. The van der Waals surface area contributed by atoms with Crippen LogP contribution in [0.15, 0.2) is 53.5 Å². The highest BCUT2D eigenvalue weighted by Crippen LogP contribution is 2.29. The maximum atomic E-state index is 13.6. The minimum atomic E-state index is -4.30. The maximum absolute atomic E-state index is 13.6. The second-order valence-corrected chi connectivity index (χ2v) is 8.40. The first kappa shape index (κ1) is 22.5. The molecule has 1 saturated heterocycles. The molecule has 1 aromatic carbocycles. The summed E-state index contributed by atoms with van der Waals surface area (Å²) in [5.74, 6) is 0.0674. The van der Waals surface area contributed by atoms with Crippen molar-refractivity contribution in [1.82, 2.24) is 14.5 Å². The van der Waals surface area contributed by atoms with Gasteiger partial charge in [-0.2, -0.15) is 13.2 Å². The van der Waals surface area contributed by atoms with Crippen molar-refractivity contribution in [2.24, 2.45) is 5.92 Å². The molecule has 8 heteroatoms. The zero-order valence-corrected chi connectivity index (χ0v) is 17.6. The van der Waals surface area contributed by atoms with Gasteiger partial charge in [-0.3, -0.25) is 9.78 Å². The Morgan fingerprint density at radius 1 is 1.00 bits per heavy atom. The monoisotopic (exact) mass is 447 g/mol. The van der Waals surface area contributed by atoms with E-state index >= 15 is 0 Å². The van der Waals surface area contributed by atoms with E-state index < -0.39 is 17.6 Å². The lowest BCUT2D eigenvalue weighted by atomic mass is 9.90. The number of fused-ring (bicyclic) bond motifs is 1. The summed E-state index contributed by atoms with van der Waals surface area (Å²) in [7, 11) is 0. The van der Waals surface area contributed by atoms with Gasteiger partial charge in [0.25, 0.3) is 5.56 Å². The second kappa shape index (κ2) is 9.40. The number of hydrogen-bond acceptors (Lipinski definition) is 3. The van der Waals surface area contributed by atoms with Gasteiger partial charge in [-0.1, -0.05) is 12.1 Å². The van der Waals surface area contributed by atoms with Gasteiger partial charge in [0.2, 0.25) is 0 Å². The molecule has 170 valence electrons. The van der Waals surface area contributed by atoms with Crippen LogP contribution in [0.1, 0.15) is 30.4 Å². The van der Waals surface area contributed by atoms with Crippen LogP contribution < -0.4 is 5.56 Å². The minimum absolute atomic E-state index is 0.170. The molecule has 0 N–H and O–H groups in total. The van der Waals surface area contributed by atoms with Crippen molar-refractivity contribution in [2.75, 3.05) is 19.6 Å². The molecule has 1 aliphatic rings. The van der Waals surface area contributed by atoms with Crippen LogP contribution in [0.5, 0.6) is 0 Å². The van der Waals surface area contributed by atoms with E-state index in [4.69, 9.17) is 0 Å². The van der Waals surface area contributed by atoms with Crippen molar-refractivity contribution in [2.45, 2.75) is 38.4 Å². The summed E-state index contributed by atoms with van der Waals surface area (Å²) in [4.78, 5) is 18.6. The number of piperidine rings is 1. The first-order valence-corrected chi connectivity index (χ1v) is 10.8. The molecule has 0 saturated carbocycles. The van der Waals surface area contributed by atoms with E-state index in [1.54, 1.807) is 22.8 Å². The molecule has 3 aromatic rings. The number of nitrogens with zero attached hydrogens (tertiary/aromatic N) is 3. The fourth-order valence-electron chi connectivity index (χ4n) is 4.34. The van der Waals surface area contributed by atoms with Gasteiger partial charge >= 0.3 is 6.18 Å². The molecular weight excluding hydrogens is 422 g/mol. The molecule has 4 nitrogen and oxygen atoms in total. The van der Waals surface area contributed by atoms with Crippen LogP contribution in [-0.2, 0) is 19.1 Å². The van der Waals surface area contributed by atoms with Crippen molar-refractivity contribution in [1.29, 1.82) is 0 Å². The summed E-state index contributed by atoms with van der Waals surface area (Å²) in [5.41, 5.74) is 1.24. The Morgan fingerprint density at radius 3 is 2.41 bits per heavy atom. The van der Waals surface area contributed by atoms with Crippen LogP contribution in [0.25, 0.3) is 11.0 Å². The van der Waals surface area contributed by atoms with Crippen LogP contribution >= 0.6 is 0 Å². The van der Waals surface area contributed by atoms with Crippen molar-refractivity contribution >= 4 is 11.0 Å². The third-order valence-electron chi connectivity index (χ3n) is 6.27. The molecule has 0 unspecified atom stereocenters. The van der Waals surface area contributed by atoms with Gasteiger partial charge in [0.15, 0.2) is 0 Å². The first-order chi connectivity index (χ1) is 15.3. The van der Waals surface area contributed by atoms with Gasteiger partial charge < -0.3 is 9.47 Å². The number of likely N-dealkylation sites (tertiary alicyclic amines) is 1. The quantitative estimate of drug-likeness (QED) is 0.505. The van der Waals surface area contributed by atoms with E-state index in [0.717, 1.165) is 62.7 Å². The van der Waals surface area contributed by atoms with Crippen molar-refractivity contribution in [3.63, 3.8) is 0 Å². The van der Waals surface area contributed by atoms with Gasteiger partial charge in [-0.15, -0.1) is 0 Å². The molecule has 0 bridgehead atoms. The Morgan fingerprint density at radius 2 is 1.72 bits per heavy atom. The van der Waals surface area contributed by atoms with Crippen LogP contribution in [-0.4, -0.2) is 34.1 Å². The Bertz CT molecular complexity index is 1120. The Balaban J connectivity index is 1.27. The third kappa shape index (κ3) is 5.35. The predicted octanol–water partition coefficient (Wildman–Crippen LogP) is 4.90. The smallest absolute Gasteiger partial charge is 0.305 e. The summed E-state index contributed by atoms with van der Waals surface area (Å²) in [6.45, 7) is 2.98. The number of aromatic nitrogens is 2. The van der Waals surface area contributed by atoms with E-state index in [2.05, 4.69) is 9.88 Å². The molecule has 0 amide bonds. The summed E-state index contributed by atoms with van der Waals surface area (Å²) in [5, 5.41) is 0. The molecule has 2 aromatic heterocycles. The molecule has 0 atom stereocenters. The normalized spacial score (nSPS) is 16.0. The highest BCUT2D eigenvalue weighted by atomic mass is 19.4. The van der Waals surface area contributed by atoms with E-state index in [1.165, 1.54) is 12.1 Å². The topological polar surface area (TPSA) is 38.1 Å². The van der Waals surface area contributed by atoms with Crippen LogP contribution in [0, 0.1) is 11.7 Å². The van der Waals surface area contributed by atoms with E-state index in [1.807, 2.05) is 0 Å². The lowest BCUT2D eigenvalue weighted by Gasteiger charge is -2.32. The zero-order chi connectivity index (χ0) is 22.7. The lowest BCUT2D eigenvalue weighted by molar-refractivity contribution is -0.137. The van der Waals surface area contributed by atoms with Gasteiger partial charge in [0.05, 0.1) is 22.8 Å². The average Bonchev–Trinajstić information content (AvgIpc) is 2.77. The molecule has 4 rings (SSSR count). The van der Waals surface area contributed by atoms with Gasteiger partial charge in [-0.05, 0) is 68.5 Å². The summed E-state index contributed by atoms with van der Waals surface area (Å²) >= 11 is 0. The zero-order valence-electron chi connectivity index (χ0n) is 17.6.